The van der Waals surface area contributed by atoms with Gasteiger partial charge in [0.1, 0.15) is 0 Å². The SMILES string of the molecule is C/C(=C/c1c2ccccc2cc2ccccc12)c1ccc(N(c2ccc(-c3ccccc3)cc2)c2cccc3ccccc23)cc1. The van der Waals surface area contributed by atoms with Gasteiger partial charge in [-0.1, -0.05) is 146 Å². The molecule has 0 heterocycles. The molecule has 0 aromatic heterocycles. The Balaban J connectivity index is 1.22. The average molecular weight is 588 g/mol. The highest BCUT2D eigenvalue weighted by molar-refractivity contribution is 6.09. The quantitative estimate of drug-likeness (QED) is 0.138. The molecule has 0 atom stereocenters. The van der Waals surface area contributed by atoms with Gasteiger partial charge >= 0.3 is 0 Å². The highest BCUT2D eigenvalue weighted by Crippen LogP contribution is 2.40. The number of hydrogen-bond acceptors (Lipinski definition) is 1. The summed E-state index contributed by atoms with van der Waals surface area (Å²) in [5.74, 6) is 0. The Morgan fingerprint density at radius 2 is 0.935 bits per heavy atom. The number of hydrogen-bond donors (Lipinski definition) is 0. The average Bonchev–Trinajstić information content (AvgIpc) is 3.12. The van der Waals surface area contributed by atoms with Crippen LogP contribution in [0.4, 0.5) is 17.1 Å². The summed E-state index contributed by atoms with van der Waals surface area (Å²) >= 11 is 0. The van der Waals surface area contributed by atoms with Crippen molar-refractivity contribution in [3.63, 3.8) is 0 Å². The standard InChI is InChI=1S/C45H33N/c1-32(30-44-41-18-8-6-15-37(41)31-38-16-7-9-19-42(38)44)33-22-26-39(27-23-33)46(45-21-11-17-36-14-5-10-20-43(36)45)40-28-24-35(25-29-40)34-12-3-2-4-13-34/h2-31H,1H3/b32-30-. The van der Waals surface area contributed by atoms with E-state index in [2.05, 4.69) is 194 Å². The van der Waals surface area contributed by atoms with Crippen molar-refractivity contribution in [2.24, 2.45) is 0 Å². The van der Waals surface area contributed by atoms with Crippen molar-refractivity contribution in [2.75, 3.05) is 4.90 Å². The fraction of sp³-hybridized carbons (Fsp3) is 0.0222. The predicted molar refractivity (Wildman–Crippen MR) is 199 cm³/mol. The summed E-state index contributed by atoms with van der Waals surface area (Å²) < 4.78 is 0. The van der Waals surface area contributed by atoms with Crippen LogP contribution >= 0.6 is 0 Å². The van der Waals surface area contributed by atoms with E-state index in [0.717, 1.165) is 17.1 Å². The van der Waals surface area contributed by atoms with Gasteiger partial charge in [-0.25, -0.2) is 0 Å². The second kappa shape index (κ2) is 11.9. The molecule has 0 N–H and O–H groups in total. The lowest BCUT2D eigenvalue weighted by atomic mass is 9.94. The molecular formula is C45H33N. The molecule has 0 radical (unpaired) electrons. The lowest BCUT2D eigenvalue weighted by molar-refractivity contribution is 1.29. The largest absolute Gasteiger partial charge is 0.310 e. The van der Waals surface area contributed by atoms with Gasteiger partial charge in [0, 0.05) is 16.8 Å². The van der Waals surface area contributed by atoms with Crippen molar-refractivity contribution >= 4 is 61.0 Å². The summed E-state index contributed by atoms with van der Waals surface area (Å²) in [5, 5.41) is 7.53. The third kappa shape index (κ3) is 5.12. The van der Waals surface area contributed by atoms with E-state index in [9.17, 15) is 0 Å². The van der Waals surface area contributed by atoms with Gasteiger partial charge in [0.2, 0.25) is 0 Å². The van der Waals surface area contributed by atoms with Crippen molar-refractivity contribution in [2.45, 2.75) is 6.92 Å². The summed E-state index contributed by atoms with van der Waals surface area (Å²) in [7, 11) is 0. The maximum Gasteiger partial charge on any atom is 0.0540 e. The van der Waals surface area contributed by atoms with E-state index < -0.39 is 0 Å². The second-order valence-corrected chi connectivity index (χ2v) is 11.9. The zero-order chi connectivity index (χ0) is 30.9. The van der Waals surface area contributed by atoms with Crippen molar-refractivity contribution in [1.82, 2.24) is 0 Å². The van der Waals surface area contributed by atoms with Crippen molar-refractivity contribution in [3.8, 4) is 11.1 Å². The number of fused-ring (bicyclic) bond motifs is 3. The van der Waals surface area contributed by atoms with Gasteiger partial charge < -0.3 is 4.90 Å². The first-order chi connectivity index (χ1) is 22.7. The van der Waals surface area contributed by atoms with E-state index >= 15 is 0 Å². The third-order valence-corrected chi connectivity index (χ3v) is 8.99. The normalized spacial score (nSPS) is 11.7. The Hall–Kier alpha value is -5.92. The van der Waals surface area contributed by atoms with Crippen molar-refractivity contribution < 1.29 is 0 Å². The number of benzene rings is 8. The molecule has 8 aromatic rings. The Bertz CT molecular complexity index is 2290. The topological polar surface area (TPSA) is 3.24 Å². The van der Waals surface area contributed by atoms with Crippen LogP contribution in [0.5, 0.6) is 0 Å². The molecular weight excluding hydrogens is 555 g/mol. The Morgan fingerprint density at radius 3 is 1.59 bits per heavy atom. The fourth-order valence-corrected chi connectivity index (χ4v) is 6.64. The Labute approximate surface area is 270 Å². The van der Waals surface area contributed by atoms with Crippen LogP contribution in [0.25, 0.3) is 55.1 Å². The molecule has 218 valence electrons. The zero-order valence-corrected chi connectivity index (χ0v) is 25.8. The van der Waals surface area contributed by atoms with E-state index in [1.807, 2.05) is 0 Å². The molecule has 1 heteroatoms. The molecule has 0 fully saturated rings. The molecule has 8 rings (SSSR count). The van der Waals surface area contributed by atoms with Gasteiger partial charge in [0.05, 0.1) is 5.69 Å². The third-order valence-electron chi connectivity index (χ3n) is 8.99. The maximum absolute atomic E-state index is 2.37. The lowest BCUT2D eigenvalue weighted by Gasteiger charge is -2.27. The van der Waals surface area contributed by atoms with E-state index in [0.29, 0.717) is 0 Å². The first kappa shape index (κ1) is 27.6. The van der Waals surface area contributed by atoms with Crippen LogP contribution in [0.3, 0.4) is 0 Å². The molecule has 0 aliphatic carbocycles. The summed E-state index contributed by atoms with van der Waals surface area (Å²) in [6.45, 7) is 2.22. The highest BCUT2D eigenvalue weighted by Gasteiger charge is 2.16. The minimum Gasteiger partial charge on any atom is -0.310 e. The lowest BCUT2D eigenvalue weighted by Crippen LogP contribution is -2.10. The van der Waals surface area contributed by atoms with Crippen molar-refractivity contribution in [3.05, 3.63) is 187 Å². The van der Waals surface area contributed by atoms with Gasteiger partial charge in [-0.15, -0.1) is 0 Å². The first-order valence-corrected chi connectivity index (χ1v) is 15.9. The van der Waals surface area contributed by atoms with Crippen LogP contribution in [0.2, 0.25) is 0 Å². The van der Waals surface area contributed by atoms with Crippen molar-refractivity contribution in [1.29, 1.82) is 0 Å². The minimum absolute atomic E-state index is 1.12. The van der Waals surface area contributed by atoms with E-state index in [1.54, 1.807) is 0 Å². The highest BCUT2D eigenvalue weighted by atomic mass is 15.1. The molecule has 0 aliphatic heterocycles. The summed E-state index contributed by atoms with van der Waals surface area (Å²) in [6.07, 6.45) is 2.35. The van der Waals surface area contributed by atoms with Crippen LogP contribution in [-0.4, -0.2) is 0 Å². The Morgan fingerprint density at radius 1 is 0.435 bits per heavy atom. The minimum atomic E-state index is 1.12. The molecule has 0 saturated heterocycles. The number of allylic oxidation sites excluding steroid dienone is 1. The zero-order valence-electron chi connectivity index (χ0n) is 25.8. The van der Waals surface area contributed by atoms with Gasteiger partial charge in [-0.05, 0) is 98.1 Å². The molecule has 0 saturated carbocycles. The molecule has 46 heavy (non-hydrogen) atoms. The fourth-order valence-electron chi connectivity index (χ4n) is 6.64. The molecule has 0 amide bonds. The Kier molecular flexibility index (Phi) is 7.13. The van der Waals surface area contributed by atoms with Gasteiger partial charge in [-0.2, -0.15) is 0 Å². The maximum atomic E-state index is 2.37. The monoisotopic (exact) mass is 587 g/mol. The van der Waals surface area contributed by atoms with Crippen LogP contribution < -0.4 is 4.90 Å². The summed E-state index contributed by atoms with van der Waals surface area (Å²) in [6, 6.07) is 63.3. The molecule has 0 spiro atoms. The van der Waals surface area contributed by atoms with Crippen LogP contribution in [0.1, 0.15) is 18.1 Å². The predicted octanol–water partition coefficient (Wildman–Crippen LogP) is 12.8. The number of nitrogens with zero attached hydrogens (tertiary/aromatic N) is 1. The molecule has 8 aromatic carbocycles. The number of anilines is 3. The summed E-state index contributed by atoms with van der Waals surface area (Å²) in [4.78, 5) is 2.37. The van der Waals surface area contributed by atoms with Gasteiger partial charge in [-0.3, -0.25) is 0 Å². The van der Waals surface area contributed by atoms with E-state index in [4.69, 9.17) is 0 Å². The second-order valence-electron chi connectivity index (χ2n) is 11.9. The van der Waals surface area contributed by atoms with Crippen LogP contribution in [0.15, 0.2) is 176 Å². The van der Waals surface area contributed by atoms with Crippen LogP contribution in [0, 0.1) is 0 Å². The van der Waals surface area contributed by atoms with E-state index in [-0.39, 0.29) is 0 Å². The molecule has 0 aliphatic rings. The molecule has 0 bridgehead atoms. The first-order valence-electron chi connectivity index (χ1n) is 15.9. The molecule has 1 nitrogen and oxygen atoms in total. The summed E-state index contributed by atoms with van der Waals surface area (Å²) in [5.41, 5.74) is 9.54. The smallest absolute Gasteiger partial charge is 0.0540 e. The molecule has 0 unspecified atom stereocenters. The van der Waals surface area contributed by atoms with Crippen LogP contribution in [-0.2, 0) is 0 Å². The number of rotatable bonds is 6. The van der Waals surface area contributed by atoms with Gasteiger partial charge in [0.15, 0.2) is 0 Å². The van der Waals surface area contributed by atoms with Gasteiger partial charge in [0.25, 0.3) is 0 Å². The van der Waals surface area contributed by atoms with E-state index in [1.165, 1.54) is 60.1 Å².